The summed E-state index contributed by atoms with van der Waals surface area (Å²) >= 11 is 6.04. The number of rotatable bonds is 4. The Hall–Kier alpha value is -2.79. The molecule has 128 valence electrons. The largest absolute Gasteiger partial charge is 0.496 e. The molecule has 0 aliphatic heterocycles. The lowest BCUT2D eigenvalue weighted by molar-refractivity contribution is 0.414. The normalized spacial score (nSPS) is 11.2. The average molecular weight is 356 g/mol. The van der Waals surface area contributed by atoms with Crippen LogP contribution in [-0.2, 0) is 7.05 Å². The quantitative estimate of drug-likeness (QED) is 0.666. The van der Waals surface area contributed by atoms with Gasteiger partial charge in [-0.15, -0.1) is 0 Å². The van der Waals surface area contributed by atoms with Crippen LogP contribution in [0.25, 0.3) is 5.69 Å². The molecule has 0 fully saturated rings. The summed E-state index contributed by atoms with van der Waals surface area (Å²) in [5.74, 6) is 0.644. The van der Waals surface area contributed by atoms with Crippen molar-refractivity contribution in [2.24, 2.45) is 12.0 Å². The first-order valence-electron chi connectivity index (χ1n) is 7.74. The molecule has 25 heavy (non-hydrogen) atoms. The Morgan fingerprint density at radius 3 is 2.56 bits per heavy atom. The summed E-state index contributed by atoms with van der Waals surface area (Å²) in [5, 5.41) is 0.578. The maximum Gasteiger partial charge on any atom is 0.297 e. The average Bonchev–Trinajstić information content (AvgIpc) is 2.83. The highest BCUT2D eigenvalue weighted by Crippen LogP contribution is 2.22. The van der Waals surface area contributed by atoms with Crippen molar-refractivity contribution >= 4 is 23.5 Å². The van der Waals surface area contributed by atoms with E-state index in [-0.39, 0.29) is 5.56 Å². The zero-order valence-corrected chi connectivity index (χ0v) is 15.0. The van der Waals surface area contributed by atoms with Crippen molar-refractivity contribution in [1.82, 2.24) is 9.36 Å². The third-order valence-corrected chi connectivity index (χ3v) is 4.28. The van der Waals surface area contributed by atoms with Crippen LogP contribution in [0.5, 0.6) is 5.75 Å². The Morgan fingerprint density at radius 2 is 1.88 bits per heavy atom. The van der Waals surface area contributed by atoms with E-state index < -0.39 is 0 Å². The summed E-state index contributed by atoms with van der Waals surface area (Å²) in [7, 11) is 3.42. The molecule has 1 aromatic heterocycles. The monoisotopic (exact) mass is 355 g/mol. The van der Waals surface area contributed by atoms with Gasteiger partial charge in [0.2, 0.25) is 0 Å². The standard InChI is InChI=1S/C19H18ClN3O2/c1-13-18(21-12-14-11-15(20)9-10-17(14)25-3)19(24)23(22(13)2)16-7-5-4-6-8-16/h4-12H,1-3H3. The number of para-hydroxylation sites is 1. The lowest BCUT2D eigenvalue weighted by Crippen LogP contribution is -2.19. The first-order chi connectivity index (χ1) is 12.0. The molecule has 3 aromatic rings. The van der Waals surface area contributed by atoms with Crippen LogP contribution < -0.4 is 10.3 Å². The number of methoxy groups -OCH3 is 1. The van der Waals surface area contributed by atoms with Crippen molar-refractivity contribution < 1.29 is 4.74 Å². The molecule has 0 saturated heterocycles. The zero-order chi connectivity index (χ0) is 18.0. The summed E-state index contributed by atoms with van der Waals surface area (Å²) in [6.07, 6.45) is 1.60. The SMILES string of the molecule is COc1ccc(Cl)cc1C=Nc1c(C)n(C)n(-c2ccccc2)c1=O. The highest BCUT2D eigenvalue weighted by molar-refractivity contribution is 6.30. The molecule has 1 heterocycles. The van der Waals surface area contributed by atoms with E-state index in [9.17, 15) is 4.79 Å². The highest BCUT2D eigenvalue weighted by Gasteiger charge is 2.15. The number of ether oxygens (including phenoxy) is 1. The van der Waals surface area contributed by atoms with Gasteiger partial charge in [0, 0.05) is 23.8 Å². The molecule has 0 spiro atoms. The molecule has 0 N–H and O–H groups in total. The van der Waals surface area contributed by atoms with Crippen LogP contribution in [0.4, 0.5) is 5.69 Å². The van der Waals surface area contributed by atoms with Gasteiger partial charge in [-0.05, 0) is 37.3 Å². The second-order valence-corrected chi connectivity index (χ2v) is 5.99. The fourth-order valence-electron chi connectivity index (χ4n) is 2.64. The Kier molecular flexibility index (Phi) is 4.76. The van der Waals surface area contributed by atoms with E-state index in [2.05, 4.69) is 4.99 Å². The first kappa shape index (κ1) is 17.0. The van der Waals surface area contributed by atoms with Gasteiger partial charge < -0.3 is 4.74 Å². The molecule has 2 aromatic carbocycles. The highest BCUT2D eigenvalue weighted by atomic mass is 35.5. The number of aliphatic imine (C=N–C) groups is 1. The summed E-state index contributed by atoms with van der Waals surface area (Å²) < 4.78 is 8.69. The predicted molar refractivity (Wildman–Crippen MR) is 101 cm³/mol. The van der Waals surface area contributed by atoms with Gasteiger partial charge in [0.1, 0.15) is 5.75 Å². The van der Waals surface area contributed by atoms with Crippen LogP contribution in [0.1, 0.15) is 11.3 Å². The van der Waals surface area contributed by atoms with Crippen LogP contribution in [0, 0.1) is 6.92 Å². The van der Waals surface area contributed by atoms with Crippen molar-refractivity contribution in [2.75, 3.05) is 7.11 Å². The molecule has 0 saturated carbocycles. The predicted octanol–water partition coefficient (Wildman–Crippen LogP) is 3.90. The number of halogens is 1. The summed E-state index contributed by atoms with van der Waals surface area (Å²) in [4.78, 5) is 17.2. The molecule has 5 nitrogen and oxygen atoms in total. The molecule has 0 amide bonds. The van der Waals surface area contributed by atoms with E-state index in [0.29, 0.717) is 22.0 Å². The van der Waals surface area contributed by atoms with Crippen LogP contribution >= 0.6 is 11.6 Å². The summed E-state index contributed by atoms with van der Waals surface area (Å²) in [6, 6.07) is 14.7. The van der Waals surface area contributed by atoms with Gasteiger partial charge in [0.15, 0.2) is 5.69 Å². The van der Waals surface area contributed by atoms with E-state index in [1.807, 2.05) is 44.3 Å². The van der Waals surface area contributed by atoms with Crippen molar-refractivity contribution in [3.8, 4) is 11.4 Å². The fraction of sp³-hybridized carbons (Fsp3) is 0.158. The van der Waals surface area contributed by atoms with Gasteiger partial charge in [-0.1, -0.05) is 29.8 Å². The van der Waals surface area contributed by atoms with E-state index in [4.69, 9.17) is 16.3 Å². The van der Waals surface area contributed by atoms with Gasteiger partial charge in [-0.25, -0.2) is 9.67 Å². The van der Waals surface area contributed by atoms with Gasteiger partial charge in [-0.3, -0.25) is 9.48 Å². The maximum atomic E-state index is 12.8. The van der Waals surface area contributed by atoms with Crippen LogP contribution in [0.3, 0.4) is 0 Å². The number of benzene rings is 2. The van der Waals surface area contributed by atoms with E-state index in [0.717, 1.165) is 11.4 Å². The van der Waals surface area contributed by atoms with Gasteiger partial charge in [0.25, 0.3) is 5.56 Å². The lowest BCUT2D eigenvalue weighted by atomic mass is 10.2. The number of nitrogens with zero attached hydrogens (tertiary/aromatic N) is 3. The maximum absolute atomic E-state index is 12.8. The lowest BCUT2D eigenvalue weighted by Gasteiger charge is -2.07. The number of aromatic nitrogens is 2. The Bertz CT molecular complexity index is 988. The minimum atomic E-state index is -0.177. The van der Waals surface area contributed by atoms with Crippen molar-refractivity contribution in [3.05, 3.63) is 75.2 Å². The van der Waals surface area contributed by atoms with Crippen LogP contribution in [0.2, 0.25) is 5.02 Å². The minimum Gasteiger partial charge on any atom is -0.496 e. The molecule has 0 aliphatic carbocycles. The summed E-state index contributed by atoms with van der Waals surface area (Å²) in [5.41, 5.74) is 2.48. The third-order valence-electron chi connectivity index (χ3n) is 4.05. The van der Waals surface area contributed by atoms with Crippen molar-refractivity contribution in [1.29, 1.82) is 0 Å². The first-order valence-corrected chi connectivity index (χ1v) is 8.12. The summed E-state index contributed by atoms with van der Waals surface area (Å²) in [6.45, 7) is 1.86. The zero-order valence-electron chi connectivity index (χ0n) is 14.2. The molecule has 0 unspecified atom stereocenters. The van der Waals surface area contributed by atoms with Gasteiger partial charge >= 0.3 is 0 Å². The molecule has 3 rings (SSSR count). The molecular formula is C19H18ClN3O2. The number of hydrogen-bond donors (Lipinski definition) is 0. The minimum absolute atomic E-state index is 0.177. The molecule has 0 radical (unpaired) electrons. The Labute approximate surface area is 150 Å². The topological polar surface area (TPSA) is 48.5 Å². The molecule has 0 aliphatic rings. The fourth-order valence-corrected chi connectivity index (χ4v) is 2.82. The third kappa shape index (κ3) is 3.23. The van der Waals surface area contributed by atoms with E-state index in [1.54, 1.807) is 40.9 Å². The Morgan fingerprint density at radius 1 is 1.16 bits per heavy atom. The second kappa shape index (κ2) is 6.99. The molecule has 0 atom stereocenters. The van der Waals surface area contributed by atoms with E-state index >= 15 is 0 Å². The van der Waals surface area contributed by atoms with Crippen LogP contribution in [-0.4, -0.2) is 22.7 Å². The van der Waals surface area contributed by atoms with E-state index in [1.165, 1.54) is 0 Å². The van der Waals surface area contributed by atoms with Gasteiger partial charge in [-0.2, -0.15) is 0 Å². The smallest absolute Gasteiger partial charge is 0.297 e. The van der Waals surface area contributed by atoms with Crippen LogP contribution in [0.15, 0.2) is 58.3 Å². The number of hydrogen-bond acceptors (Lipinski definition) is 3. The second-order valence-electron chi connectivity index (χ2n) is 5.55. The Balaban J connectivity index is 2.08. The van der Waals surface area contributed by atoms with Crippen molar-refractivity contribution in [3.63, 3.8) is 0 Å². The molecule has 6 heteroatoms. The van der Waals surface area contributed by atoms with Crippen molar-refractivity contribution in [2.45, 2.75) is 6.92 Å². The van der Waals surface area contributed by atoms with Gasteiger partial charge in [0.05, 0.1) is 18.5 Å². The molecular weight excluding hydrogens is 338 g/mol. The molecule has 0 bridgehead atoms.